The number of likely N-dealkylation sites (tertiary alicyclic amines) is 1. The van der Waals surface area contributed by atoms with Crippen LogP contribution in [0.25, 0.3) is 0 Å². The van der Waals surface area contributed by atoms with E-state index in [2.05, 4.69) is 17.1 Å². The third-order valence-electron chi connectivity index (χ3n) is 4.40. The van der Waals surface area contributed by atoms with Crippen molar-refractivity contribution in [1.82, 2.24) is 10.2 Å². The lowest BCUT2D eigenvalue weighted by Gasteiger charge is -2.39. The number of nitrogens with zero attached hydrogens (tertiary/aromatic N) is 1. The van der Waals surface area contributed by atoms with Crippen LogP contribution in [0.1, 0.15) is 26.2 Å². The minimum absolute atomic E-state index is 0.525. The first kappa shape index (κ1) is 16.1. The van der Waals surface area contributed by atoms with Crippen molar-refractivity contribution in [3.05, 3.63) is 24.3 Å². The van der Waals surface area contributed by atoms with Crippen LogP contribution >= 0.6 is 0 Å². The summed E-state index contributed by atoms with van der Waals surface area (Å²) in [5.41, 5.74) is 0. The van der Waals surface area contributed by atoms with E-state index in [0.29, 0.717) is 18.7 Å². The van der Waals surface area contributed by atoms with Crippen molar-refractivity contribution in [1.29, 1.82) is 0 Å². The summed E-state index contributed by atoms with van der Waals surface area (Å²) in [6.07, 6.45) is 3.90. The van der Waals surface area contributed by atoms with Gasteiger partial charge in [-0.25, -0.2) is 0 Å². The first-order valence-corrected chi connectivity index (χ1v) is 7.93. The fourth-order valence-corrected chi connectivity index (χ4v) is 3.06. The van der Waals surface area contributed by atoms with Gasteiger partial charge in [0.15, 0.2) is 11.5 Å². The Morgan fingerprint density at radius 3 is 2.76 bits per heavy atom. The number of ether oxygens (including phenoxy) is 2. The summed E-state index contributed by atoms with van der Waals surface area (Å²) in [5.74, 6) is 1.63. The third-order valence-corrected chi connectivity index (χ3v) is 4.40. The maximum atomic E-state index is 5.91. The Bertz CT molecular complexity index is 425. The molecule has 0 bridgehead atoms. The predicted octanol–water partition coefficient (Wildman–Crippen LogP) is 2.54. The second-order valence-electron chi connectivity index (χ2n) is 5.68. The van der Waals surface area contributed by atoms with E-state index in [0.717, 1.165) is 18.0 Å². The zero-order chi connectivity index (χ0) is 15.1. The zero-order valence-corrected chi connectivity index (χ0v) is 13.5. The van der Waals surface area contributed by atoms with E-state index < -0.39 is 0 Å². The summed E-state index contributed by atoms with van der Waals surface area (Å²) in [5, 5.41) is 3.39. The van der Waals surface area contributed by atoms with Crippen LogP contribution in [-0.2, 0) is 0 Å². The molecule has 4 heteroatoms. The predicted molar refractivity (Wildman–Crippen MR) is 86.2 cm³/mol. The monoisotopic (exact) mass is 292 g/mol. The van der Waals surface area contributed by atoms with Gasteiger partial charge < -0.3 is 14.8 Å². The molecule has 0 aromatic heterocycles. The summed E-state index contributed by atoms with van der Waals surface area (Å²) in [4.78, 5) is 2.56. The van der Waals surface area contributed by atoms with E-state index in [-0.39, 0.29) is 0 Å². The highest BCUT2D eigenvalue weighted by atomic mass is 16.5. The van der Waals surface area contributed by atoms with Gasteiger partial charge in [-0.15, -0.1) is 0 Å². The molecule has 0 radical (unpaired) electrons. The molecule has 2 rings (SSSR count). The van der Waals surface area contributed by atoms with E-state index >= 15 is 0 Å². The van der Waals surface area contributed by atoms with E-state index in [1.165, 1.54) is 25.8 Å². The minimum Gasteiger partial charge on any atom is -0.493 e. The summed E-state index contributed by atoms with van der Waals surface area (Å²) < 4.78 is 11.2. The molecule has 2 atom stereocenters. The number of piperidine rings is 1. The van der Waals surface area contributed by atoms with Crippen LogP contribution in [0.5, 0.6) is 11.5 Å². The average Bonchev–Trinajstić information content (AvgIpc) is 2.55. The van der Waals surface area contributed by atoms with Crippen LogP contribution in [0.4, 0.5) is 0 Å². The molecule has 0 amide bonds. The largest absolute Gasteiger partial charge is 0.493 e. The van der Waals surface area contributed by atoms with Gasteiger partial charge in [-0.1, -0.05) is 18.6 Å². The Labute approximate surface area is 128 Å². The van der Waals surface area contributed by atoms with Gasteiger partial charge in [0.25, 0.3) is 0 Å². The molecule has 21 heavy (non-hydrogen) atoms. The lowest BCUT2D eigenvalue weighted by Crippen LogP contribution is -2.51. The Morgan fingerprint density at radius 1 is 1.29 bits per heavy atom. The topological polar surface area (TPSA) is 33.7 Å². The van der Waals surface area contributed by atoms with E-state index in [1.54, 1.807) is 7.11 Å². The van der Waals surface area contributed by atoms with Crippen molar-refractivity contribution in [3.8, 4) is 11.5 Å². The Kier molecular flexibility index (Phi) is 6.33. The number of hydrogen-bond donors (Lipinski definition) is 1. The van der Waals surface area contributed by atoms with Gasteiger partial charge in [-0.05, 0) is 45.5 Å². The highest BCUT2D eigenvalue weighted by molar-refractivity contribution is 5.39. The fraction of sp³-hybridized carbons (Fsp3) is 0.647. The van der Waals surface area contributed by atoms with Crippen molar-refractivity contribution in [2.45, 2.75) is 38.3 Å². The lowest BCUT2D eigenvalue weighted by atomic mass is 9.96. The number of nitrogens with one attached hydrogen (secondary N) is 1. The number of hydrogen-bond acceptors (Lipinski definition) is 4. The van der Waals surface area contributed by atoms with Crippen molar-refractivity contribution in [2.24, 2.45) is 0 Å². The van der Waals surface area contributed by atoms with Crippen LogP contribution in [0, 0.1) is 0 Å². The van der Waals surface area contributed by atoms with E-state index in [4.69, 9.17) is 9.47 Å². The standard InChI is InChI=1S/C17H28N2O2/c1-14(18-2)15-8-6-7-11-19(15)12-13-21-17-10-5-4-9-16(17)20-3/h4-5,9-10,14-15,18H,6-8,11-13H2,1-3H3. The third kappa shape index (κ3) is 4.35. The molecule has 1 fully saturated rings. The Hall–Kier alpha value is -1.26. The number of methoxy groups -OCH3 is 1. The molecule has 118 valence electrons. The summed E-state index contributed by atoms with van der Waals surface area (Å²) in [7, 11) is 3.72. The first-order valence-electron chi connectivity index (χ1n) is 7.93. The van der Waals surface area contributed by atoms with Crippen molar-refractivity contribution >= 4 is 0 Å². The number of likely N-dealkylation sites (N-methyl/N-ethyl adjacent to an activating group) is 1. The summed E-state index contributed by atoms with van der Waals surface area (Å²) in [6, 6.07) is 8.97. The van der Waals surface area contributed by atoms with Crippen LogP contribution < -0.4 is 14.8 Å². The maximum absolute atomic E-state index is 5.91. The van der Waals surface area contributed by atoms with Gasteiger partial charge in [0.1, 0.15) is 6.61 Å². The second kappa shape index (κ2) is 8.25. The molecule has 1 saturated heterocycles. The van der Waals surface area contributed by atoms with E-state index in [9.17, 15) is 0 Å². The molecule has 1 aromatic carbocycles. The van der Waals surface area contributed by atoms with Gasteiger partial charge in [0.05, 0.1) is 7.11 Å². The zero-order valence-electron chi connectivity index (χ0n) is 13.5. The average molecular weight is 292 g/mol. The van der Waals surface area contributed by atoms with Crippen LogP contribution in [0.2, 0.25) is 0 Å². The highest BCUT2D eigenvalue weighted by Gasteiger charge is 2.26. The molecule has 1 aliphatic heterocycles. The van der Waals surface area contributed by atoms with Gasteiger partial charge in [-0.2, -0.15) is 0 Å². The van der Waals surface area contributed by atoms with Crippen LogP contribution in [-0.4, -0.2) is 50.8 Å². The molecular weight excluding hydrogens is 264 g/mol. The Morgan fingerprint density at radius 2 is 2.05 bits per heavy atom. The summed E-state index contributed by atoms with van der Waals surface area (Å²) in [6.45, 7) is 5.11. The van der Waals surface area contributed by atoms with Gasteiger partial charge in [-0.3, -0.25) is 4.90 Å². The van der Waals surface area contributed by atoms with Crippen LogP contribution in [0.3, 0.4) is 0 Å². The molecule has 1 N–H and O–H groups in total. The van der Waals surface area contributed by atoms with Gasteiger partial charge >= 0.3 is 0 Å². The maximum Gasteiger partial charge on any atom is 0.161 e. The molecule has 0 spiro atoms. The number of rotatable bonds is 7. The number of benzene rings is 1. The molecule has 0 aliphatic carbocycles. The van der Waals surface area contributed by atoms with Crippen molar-refractivity contribution in [2.75, 3.05) is 33.9 Å². The molecule has 1 heterocycles. The van der Waals surface area contributed by atoms with Crippen LogP contribution in [0.15, 0.2) is 24.3 Å². The molecule has 2 unspecified atom stereocenters. The molecule has 1 aromatic rings. The quantitative estimate of drug-likeness (QED) is 0.837. The van der Waals surface area contributed by atoms with Crippen molar-refractivity contribution in [3.63, 3.8) is 0 Å². The second-order valence-corrected chi connectivity index (χ2v) is 5.68. The fourth-order valence-electron chi connectivity index (χ4n) is 3.06. The van der Waals surface area contributed by atoms with E-state index in [1.807, 2.05) is 31.3 Å². The smallest absolute Gasteiger partial charge is 0.161 e. The van der Waals surface area contributed by atoms with Crippen molar-refractivity contribution < 1.29 is 9.47 Å². The first-order chi connectivity index (χ1) is 10.3. The summed E-state index contributed by atoms with van der Waals surface area (Å²) >= 11 is 0. The number of para-hydroxylation sites is 2. The minimum atomic E-state index is 0.525. The highest BCUT2D eigenvalue weighted by Crippen LogP contribution is 2.26. The normalized spacial score (nSPS) is 21.0. The van der Waals surface area contributed by atoms with Gasteiger partial charge in [0, 0.05) is 18.6 Å². The van der Waals surface area contributed by atoms with Gasteiger partial charge in [0.2, 0.25) is 0 Å². The molecule has 4 nitrogen and oxygen atoms in total. The molecule has 1 aliphatic rings. The SMILES string of the molecule is CNC(C)C1CCCCN1CCOc1ccccc1OC. The lowest BCUT2D eigenvalue weighted by molar-refractivity contribution is 0.102. The molecular formula is C17H28N2O2. The molecule has 0 saturated carbocycles. The Balaban J connectivity index is 1.86.